The maximum atomic E-state index is 13.7. The van der Waals surface area contributed by atoms with Gasteiger partial charge in [0.05, 0.1) is 5.69 Å². The van der Waals surface area contributed by atoms with E-state index in [-0.39, 0.29) is 25.5 Å². The minimum atomic E-state index is -4.13. The molecule has 2 heterocycles. The van der Waals surface area contributed by atoms with Crippen molar-refractivity contribution in [2.45, 2.75) is 56.9 Å². The molecule has 216 valence electrons. The summed E-state index contributed by atoms with van der Waals surface area (Å²) in [6.07, 6.45) is 4.35. The first-order chi connectivity index (χ1) is 18.6. The van der Waals surface area contributed by atoms with Gasteiger partial charge in [0, 0.05) is 27.5 Å². The smallest absolute Gasteiger partial charge is 0.243 e. The van der Waals surface area contributed by atoms with Crippen molar-refractivity contribution in [3.8, 4) is 0 Å². The Balaban J connectivity index is 0.00000294. The molecule has 10 heteroatoms. The van der Waals surface area contributed by atoms with Crippen LogP contribution in [0.1, 0.15) is 47.9 Å². The number of carbonyl (C=O) groups excluding carboxylic acids is 2. The first-order valence-electron chi connectivity index (χ1n) is 13.9. The zero-order valence-corrected chi connectivity index (χ0v) is 23.7. The number of hydrogen-bond donors (Lipinski definition) is 4. The zero-order chi connectivity index (χ0) is 28.0. The van der Waals surface area contributed by atoms with Gasteiger partial charge >= 0.3 is 0 Å². The molecule has 0 aromatic heterocycles. The normalized spacial score (nSPS) is 18.2. The maximum Gasteiger partial charge on any atom is 0.243 e. The van der Waals surface area contributed by atoms with Crippen LogP contribution >= 0.6 is 0 Å². The monoisotopic (exact) mass is 559 g/mol. The number of carbonyl (C=O) groups is 2. The zero-order valence-electron chi connectivity index (χ0n) is 22.9. The number of nitrogens with one attached hydrogen (secondary N) is 3. The summed E-state index contributed by atoms with van der Waals surface area (Å²) < 4.78 is 29.9. The minimum Gasteiger partial charge on any atom is -0.370 e. The number of nitrogens with zero attached hydrogens (tertiary/aromatic N) is 1. The first-order valence-corrected chi connectivity index (χ1v) is 15.4. The number of nitrogens with two attached hydrogens (primary N) is 1. The largest absolute Gasteiger partial charge is 0.370 e. The molecule has 2 saturated heterocycles. The van der Waals surface area contributed by atoms with E-state index in [9.17, 15) is 18.0 Å². The SMILES string of the molecule is CC(C)C(NS(=O)(=O)c1cc(NC(=O)C2CCNCC2)ccc1N1CCC(Cc2ccccc2)CC1)C(N)=O.[HH].[HH]. The molecule has 2 amide bonds. The van der Waals surface area contributed by atoms with Gasteiger partial charge < -0.3 is 21.3 Å². The molecule has 39 heavy (non-hydrogen) atoms. The van der Waals surface area contributed by atoms with Gasteiger partial charge in [0.15, 0.2) is 0 Å². The molecule has 0 radical (unpaired) electrons. The van der Waals surface area contributed by atoms with E-state index >= 15 is 0 Å². The third kappa shape index (κ3) is 7.58. The van der Waals surface area contributed by atoms with E-state index in [2.05, 4.69) is 44.5 Å². The minimum absolute atomic E-state index is 0. The van der Waals surface area contributed by atoms with Crippen LogP contribution in [-0.2, 0) is 26.0 Å². The molecule has 2 aliphatic rings. The van der Waals surface area contributed by atoms with Crippen molar-refractivity contribution in [1.29, 1.82) is 0 Å². The van der Waals surface area contributed by atoms with Gasteiger partial charge in [0.2, 0.25) is 21.8 Å². The lowest BCUT2D eigenvalue weighted by molar-refractivity contribution is -0.121. The topological polar surface area (TPSA) is 134 Å². The van der Waals surface area contributed by atoms with Gasteiger partial charge in [-0.1, -0.05) is 44.2 Å². The van der Waals surface area contributed by atoms with Gasteiger partial charge in [-0.15, -0.1) is 0 Å². The number of benzene rings is 2. The number of anilines is 2. The Kier molecular flexibility index (Phi) is 9.63. The molecule has 0 aliphatic carbocycles. The van der Waals surface area contributed by atoms with Crippen molar-refractivity contribution in [2.75, 3.05) is 36.4 Å². The molecule has 2 aliphatic heterocycles. The second kappa shape index (κ2) is 12.9. The Bertz CT molecular complexity index is 1250. The Morgan fingerprint density at radius 3 is 2.33 bits per heavy atom. The Morgan fingerprint density at radius 2 is 1.72 bits per heavy atom. The van der Waals surface area contributed by atoms with Crippen molar-refractivity contribution in [2.24, 2.45) is 23.5 Å². The highest BCUT2D eigenvalue weighted by atomic mass is 32.2. The Morgan fingerprint density at radius 1 is 1.05 bits per heavy atom. The lowest BCUT2D eigenvalue weighted by Gasteiger charge is -2.35. The average molecular weight is 560 g/mol. The number of hydrogen-bond acceptors (Lipinski definition) is 6. The van der Waals surface area contributed by atoms with Crippen LogP contribution in [0.4, 0.5) is 11.4 Å². The fourth-order valence-corrected chi connectivity index (χ4v) is 7.08. The predicted molar refractivity (Wildman–Crippen MR) is 158 cm³/mol. The van der Waals surface area contributed by atoms with E-state index in [1.54, 1.807) is 26.0 Å². The van der Waals surface area contributed by atoms with E-state index in [1.807, 2.05) is 6.07 Å². The van der Waals surface area contributed by atoms with Gasteiger partial charge in [-0.3, -0.25) is 9.59 Å². The average Bonchev–Trinajstić information content (AvgIpc) is 2.93. The molecule has 0 spiro atoms. The fraction of sp³-hybridized carbons (Fsp3) is 0.517. The Labute approximate surface area is 234 Å². The summed E-state index contributed by atoms with van der Waals surface area (Å²) in [6.45, 7) is 6.47. The molecule has 9 nitrogen and oxygen atoms in total. The molecule has 4 rings (SSSR count). The van der Waals surface area contributed by atoms with E-state index in [1.165, 1.54) is 11.6 Å². The number of rotatable bonds is 10. The number of primary amides is 1. The molecule has 2 aromatic carbocycles. The van der Waals surface area contributed by atoms with Gasteiger partial charge in [-0.25, -0.2) is 8.42 Å². The molecule has 2 aromatic rings. The lowest BCUT2D eigenvalue weighted by Crippen LogP contribution is -2.48. The van der Waals surface area contributed by atoms with Crippen molar-refractivity contribution in [3.63, 3.8) is 0 Å². The molecular weight excluding hydrogens is 514 g/mol. The van der Waals surface area contributed by atoms with E-state index in [0.717, 1.165) is 45.2 Å². The van der Waals surface area contributed by atoms with Gasteiger partial charge in [-0.05, 0) is 80.8 Å². The molecule has 1 atom stereocenters. The highest BCUT2D eigenvalue weighted by Crippen LogP contribution is 2.33. The van der Waals surface area contributed by atoms with Gasteiger partial charge in [-0.2, -0.15) is 4.72 Å². The van der Waals surface area contributed by atoms with Crippen molar-refractivity contribution in [3.05, 3.63) is 54.1 Å². The van der Waals surface area contributed by atoms with Crippen LogP contribution < -0.4 is 26.0 Å². The third-order valence-corrected chi connectivity index (χ3v) is 9.27. The van der Waals surface area contributed by atoms with Crippen LogP contribution in [0.15, 0.2) is 53.4 Å². The van der Waals surface area contributed by atoms with E-state index in [4.69, 9.17) is 5.73 Å². The van der Waals surface area contributed by atoms with Crippen molar-refractivity contribution >= 4 is 33.2 Å². The summed E-state index contributed by atoms with van der Waals surface area (Å²) in [6, 6.07) is 14.4. The predicted octanol–water partition coefficient (Wildman–Crippen LogP) is 3.36. The summed E-state index contributed by atoms with van der Waals surface area (Å²) in [7, 11) is -4.13. The van der Waals surface area contributed by atoms with Crippen molar-refractivity contribution < 1.29 is 20.9 Å². The standard InChI is InChI=1S/C29H41N5O4S.2H2/c1-20(2)27(28(30)35)33-39(37,38)26-19-24(32-29(36)23-10-14-31-15-11-23)8-9-25(26)34-16-12-22(13-17-34)18-21-6-4-3-5-7-21;;/h3-9,19-20,22-23,27,31,33H,10-18H2,1-2H3,(H2,30,35)(H,32,36);2*1H. The fourth-order valence-electron chi connectivity index (χ4n) is 5.48. The highest BCUT2D eigenvalue weighted by Gasteiger charge is 2.31. The summed E-state index contributed by atoms with van der Waals surface area (Å²) in [5.74, 6) is -0.762. The molecule has 0 bridgehead atoms. The van der Waals surface area contributed by atoms with Gasteiger partial charge in [0.25, 0.3) is 0 Å². The number of piperidine rings is 2. The van der Waals surface area contributed by atoms with Crippen molar-refractivity contribution in [1.82, 2.24) is 10.0 Å². The number of sulfonamides is 1. The number of amides is 2. The quantitative estimate of drug-likeness (QED) is 0.353. The van der Waals surface area contributed by atoms with Crippen LogP contribution in [0.2, 0.25) is 0 Å². The molecular formula is C29H45N5O4S. The van der Waals surface area contributed by atoms with E-state index in [0.29, 0.717) is 30.4 Å². The summed E-state index contributed by atoms with van der Waals surface area (Å²) in [5, 5.41) is 6.17. The molecule has 2 fully saturated rings. The van der Waals surface area contributed by atoms with Crippen LogP contribution in [0, 0.1) is 17.8 Å². The van der Waals surface area contributed by atoms with Crippen LogP contribution in [0.5, 0.6) is 0 Å². The second-order valence-electron chi connectivity index (χ2n) is 11.1. The Hall–Kier alpha value is -2.95. The maximum absolute atomic E-state index is 13.7. The van der Waals surface area contributed by atoms with Crippen LogP contribution in [-0.4, -0.2) is 52.5 Å². The second-order valence-corrected chi connectivity index (χ2v) is 12.7. The summed E-state index contributed by atoms with van der Waals surface area (Å²) in [4.78, 5) is 27.0. The summed E-state index contributed by atoms with van der Waals surface area (Å²) >= 11 is 0. The molecule has 1 unspecified atom stereocenters. The highest BCUT2D eigenvalue weighted by molar-refractivity contribution is 7.89. The summed E-state index contributed by atoms with van der Waals surface area (Å²) in [5.41, 5.74) is 7.81. The third-order valence-electron chi connectivity index (χ3n) is 7.80. The van der Waals surface area contributed by atoms with Gasteiger partial charge in [0.1, 0.15) is 10.9 Å². The van der Waals surface area contributed by atoms with Crippen LogP contribution in [0.3, 0.4) is 0 Å². The first kappa shape index (κ1) is 29.0. The molecule has 0 saturated carbocycles. The van der Waals surface area contributed by atoms with E-state index < -0.39 is 22.0 Å². The van der Waals surface area contributed by atoms with Crippen LogP contribution in [0.25, 0.3) is 0 Å². The lowest BCUT2D eigenvalue weighted by atomic mass is 9.90. The molecule has 5 N–H and O–H groups in total.